The van der Waals surface area contributed by atoms with Crippen molar-refractivity contribution in [1.82, 2.24) is 20.6 Å². The van der Waals surface area contributed by atoms with Crippen LogP contribution in [0.4, 0.5) is 19.0 Å². The predicted molar refractivity (Wildman–Crippen MR) is 142 cm³/mol. The van der Waals surface area contributed by atoms with Crippen molar-refractivity contribution in [3.05, 3.63) is 75.5 Å². The molecule has 202 valence electrons. The largest absolute Gasteiger partial charge is 0.393 e. The number of carbonyl (C=O) groups excluding carboxylic acids is 1. The minimum absolute atomic E-state index is 0.0505. The van der Waals surface area contributed by atoms with Crippen molar-refractivity contribution in [2.24, 2.45) is 0 Å². The van der Waals surface area contributed by atoms with Gasteiger partial charge in [0, 0.05) is 29.0 Å². The number of hydrogen-bond donors (Lipinski definition) is 4. The number of rotatable bonds is 9. The molecular formula is C27H29BrF3N5O2. The summed E-state index contributed by atoms with van der Waals surface area (Å²) in [5.41, 5.74) is 7.68. The van der Waals surface area contributed by atoms with E-state index in [4.69, 9.17) is 5.73 Å². The molecule has 0 bridgehead atoms. The smallest absolute Gasteiger partial charge is 0.254 e. The topological polar surface area (TPSA) is 113 Å². The zero-order chi connectivity index (χ0) is 27.2. The lowest BCUT2D eigenvalue weighted by atomic mass is 9.85. The van der Waals surface area contributed by atoms with Gasteiger partial charge in [0.2, 0.25) is 0 Å². The molecule has 2 aromatic carbocycles. The van der Waals surface area contributed by atoms with E-state index in [-0.39, 0.29) is 36.5 Å². The molecule has 1 heterocycles. The van der Waals surface area contributed by atoms with Crippen LogP contribution in [0.1, 0.15) is 59.3 Å². The molecule has 3 aromatic rings. The van der Waals surface area contributed by atoms with Gasteiger partial charge in [-0.2, -0.15) is 0 Å². The molecular weight excluding hydrogens is 563 g/mol. The zero-order valence-corrected chi connectivity index (χ0v) is 22.1. The Morgan fingerprint density at radius 1 is 1.16 bits per heavy atom. The molecule has 0 aliphatic heterocycles. The van der Waals surface area contributed by atoms with E-state index in [1.807, 2.05) is 0 Å². The van der Waals surface area contributed by atoms with Gasteiger partial charge in [0.1, 0.15) is 29.8 Å². The highest BCUT2D eigenvalue weighted by Gasteiger charge is 2.24. The summed E-state index contributed by atoms with van der Waals surface area (Å²) < 4.78 is 42.3. The molecule has 7 nitrogen and oxygen atoms in total. The standard InChI is InChI=1S/C27H29BrF3N5O2/c28-18-9-17(10-19(30)12-18)23(13-33-8-7-29)36-27(38)21-6-3-16(11-22(21)31)25-26(32)34-14-24(35-25)15-1-4-20(37)5-2-15/h3,6,9-12,14-15,20,23,33,37H,1-2,4-5,7-8,13H2,(H2,32,34)(H,36,38)/t15-,20-,23-/m1/s1. The fraction of sp³-hybridized carbons (Fsp3) is 0.370. The number of halogens is 4. The van der Waals surface area contributed by atoms with Gasteiger partial charge in [-0.05, 0) is 61.6 Å². The van der Waals surface area contributed by atoms with Crippen molar-refractivity contribution in [1.29, 1.82) is 0 Å². The Morgan fingerprint density at radius 2 is 1.92 bits per heavy atom. The highest BCUT2D eigenvalue weighted by atomic mass is 79.9. The number of benzene rings is 2. The number of nitrogens with zero attached hydrogens (tertiary/aromatic N) is 2. The first-order valence-electron chi connectivity index (χ1n) is 12.4. The Bertz CT molecular complexity index is 1270. The van der Waals surface area contributed by atoms with Crippen molar-refractivity contribution >= 4 is 27.7 Å². The third kappa shape index (κ3) is 6.89. The van der Waals surface area contributed by atoms with Crippen molar-refractivity contribution < 1.29 is 23.1 Å². The average molecular weight is 592 g/mol. The highest BCUT2D eigenvalue weighted by molar-refractivity contribution is 9.10. The average Bonchev–Trinajstić information content (AvgIpc) is 2.88. The molecule has 0 radical (unpaired) electrons. The van der Waals surface area contributed by atoms with E-state index in [1.54, 1.807) is 18.3 Å². The molecule has 11 heteroatoms. The number of nitrogens with two attached hydrogens (primary N) is 1. The number of amides is 1. The van der Waals surface area contributed by atoms with Crippen LogP contribution in [-0.4, -0.2) is 46.8 Å². The maximum Gasteiger partial charge on any atom is 0.254 e. The first-order valence-corrected chi connectivity index (χ1v) is 13.2. The van der Waals surface area contributed by atoms with Crippen LogP contribution in [0.2, 0.25) is 0 Å². The normalized spacial score (nSPS) is 18.2. The molecule has 1 aliphatic carbocycles. The molecule has 0 unspecified atom stereocenters. The summed E-state index contributed by atoms with van der Waals surface area (Å²) in [6.45, 7) is -0.448. The van der Waals surface area contributed by atoms with Crippen LogP contribution < -0.4 is 16.4 Å². The number of aromatic nitrogens is 2. The minimum atomic E-state index is -0.789. The molecule has 1 aromatic heterocycles. The van der Waals surface area contributed by atoms with E-state index >= 15 is 4.39 Å². The van der Waals surface area contributed by atoms with Crippen LogP contribution >= 0.6 is 15.9 Å². The first kappa shape index (κ1) is 28.0. The second kappa shape index (κ2) is 12.7. The molecule has 1 saturated carbocycles. The van der Waals surface area contributed by atoms with Gasteiger partial charge < -0.3 is 21.5 Å². The van der Waals surface area contributed by atoms with Gasteiger partial charge in [-0.15, -0.1) is 0 Å². The minimum Gasteiger partial charge on any atom is -0.393 e. The van der Waals surface area contributed by atoms with Crippen molar-refractivity contribution in [2.75, 3.05) is 25.5 Å². The van der Waals surface area contributed by atoms with Crippen molar-refractivity contribution in [2.45, 2.75) is 43.7 Å². The lowest BCUT2D eigenvalue weighted by molar-refractivity contribution is 0.0932. The summed E-state index contributed by atoms with van der Waals surface area (Å²) >= 11 is 3.23. The Hall–Kier alpha value is -3.02. The lowest BCUT2D eigenvalue weighted by Gasteiger charge is -2.25. The molecule has 1 amide bonds. The molecule has 0 spiro atoms. The van der Waals surface area contributed by atoms with E-state index in [9.17, 15) is 18.7 Å². The van der Waals surface area contributed by atoms with Gasteiger partial charge in [0.25, 0.3) is 5.91 Å². The van der Waals surface area contributed by atoms with Crippen LogP contribution in [0.3, 0.4) is 0 Å². The second-order valence-electron chi connectivity index (χ2n) is 9.35. The van der Waals surface area contributed by atoms with Gasteiger partial charge in [-0.1, -0.05) is 22.0 Å². The fourth-order valence-corrected chi connectivity index (χ4v) is 5.10. The molecule has 1 fully saturated rings. The third-order valence-electron chi connectivity index (χ3n) is 6.63. The Labute approximate surface area is 227 Å². The van der Waals surface area contributed by atoms with E-state index in [1.165, 1.54) is 24.3 Å². The van der Waals surface area contributed by atoms with Crippen LogP contribution in [0, 0.1) is 11.6 Å². The van der Waals surface area contributed by atoms with Gasteiger partial charge in [-0.25, -0.2) is 23.1 Å². The van der Waals surface area contributed by atoms with E-state index in [0.717, 1.165) is 18.5 Å². The number of nitrogen functional groups attached to an aromatic ring is 1. The predicted octanol–water partition coefficient (Wildman–Crippen LogP) is 4.82. The zero-order valence-electron chi connectivity index (χ0n) is 20.6. The third-order valence-corrected chi connectivity index (χ3v) is 7.09. The summed E-state index contributed by atoms with van der Waals surface area (Å²) in [5.74, 6) is -1.75. The first-order chi connectivity index (χ1) is 18.2. The number of hydrogen-bond acceptors (Lipinski definition) is 6. The lowest BCUT2D eigenvalue weighted by Crippen LogP contribution is -2.36. The summed E-state index contributed by atoms with van der Waals surface area (Å²) in [7, 11) is 0. The number of alkyl halides is 1. The van der Waals surface area contributed by atoms with Crippen molar-refractivity contribution in [3.8, 4) is 11.3 Å². The van der Waals surface area contributed by atoms with Crippen LogP contribution in [0.5, 0.6) is 0 Å². The Morgan fingerprint density at radius 3 is 2.61 bits per heavy atom. The quantitative estimate of drug-likeness (QED) is 0.265. The molecule has 5 N–H and O–H groups in total. The van der Waals surface area contributed by atoms with E-state index in [2.05, 4.69) is 36.5 Å². The fourth-order valence-electron chi connectivity index (χ4n) is 4.62. The van der Waals surface area contributed by atoms with Crippen LogP contribution in [-0.2, 0) is 0 Å². The van der Waals surface area contributed by atoms with E-state index in [0.29, 0.717) is 34.1 Å². The number of carbonyl (C=O) groups is 1. The second-order valence-corrected chi connectivity index (χ2v) is 10.3. The monoisotopic (exact) mass is 591 g/mol. The molecule has 1 aliphatic rings. The number of aliphatic hydroxyl groups is 1. The van der Waals surface area contributed by atoms with Gasteiger partial charge in [0.15, 0.2) is 0 Å². The SMILES string of the molecule is Nc1ncc([C@H]2CC[C@H](O)CC2)nc1-c1ccc(C(=O)N[C@H](CNCCF)c2cc(F)cc(Br)c2)c(F)c1. The maximum atomic E-state index is 15.2. The molecule has 4 rings (SSSR count). The number of anilines is 1. The number of nitrogens with one attached hydrogen (secondary N) is 2. The van der Waals surface area contributed by atoms with Gasteiger partial charge in [0.05, 0.1) is 29.6 Å². The van der Waals surface area contributed by atoms with Gasteiger partial charge in [-0.3, -0.25) is 4.79 Å². The Kier molecular flexibility index (Phi) is 9.35. The summed E-state index contributed by atoms with van der Waals surface area (Å²) in [6, 6.07) is 7.47. The summed E-state index contributed by atoms with van der Waals surface area (Å²) in [5, 5.41) is 15.3. The van der Waals surface area contributed by atoms with Gasteiger partial charge >= 0.3 is 0 Å². The highest BCUT2D eigenvalue weighted by Crippen LogP contribution is 2.34. The molecule has 38 heavy (non-hydrogen) atoms. The summed E-state index contributed by atoms with van der Waals surface area (Å²) in [6.07, 6.45) is 4.22. The molecule has 0 saturated heterocycles. The Balaban J connectivity index is 1.55. The van der Waals surface area contributed by atoms with E-state index < -0.39 is 30.3 Å². The summed E-state index contributed by atoms with van der Waals surface area (Å²) in [4.78, 5) is 21.9. The van der Waals surface area contributed by atoms with Crippen LogP contribution in [0.15, 0.2) is 47.1 Å². The van der Waals surface area contributed by atoms with Crippen LogP contribution in [0.25, 0.3) is 11.3 Å². The van der Waals surface area contributed by atoms with Crippen molar-refractivity contribution in [3.63, 3.8) is 0 Å². The maximum absolute atomic E-state index is 15.2. The molecule has 1 atom stereocenters. The number of aliphatic hydroxyl groups excluding tert-OH is 1.